The molecule has 27 heavy (non-hydrogen) atoms. The normalized spacial score (nSPS) is 12.5. The molecule has 0 saturated heterocycles. The Balaban J connectivity index is 1.86. The molecule has 3 aromatic rings. The van der Waals surface area contributed by atoms with Crippen molar-refractivity contribution in [2.24, 2.45) is 0 Å². The Labute approximate surface area is 162 Å². The van der Waals surface area contributed by atoms with Crippen LogP contribution in [0.15, 0.2) is 76.2 Å². The van der Waals surface area contributed by atoms with Crippen molar-refractivity contribution in [2.45, 2.75) is 17.1 Å². The Morgan fingerprint density at radius 3 is 2.48 bits per heavy atom. The molecule has 0 saturated carbocycles. The van der Waals surface area contributed by atoms with E-state index in [0.29, 0.717) is 10.6 Å². The summed E-state index contributed by atoms with van der Waals surface area (Å²) in [7, 11) is -3.79. The zero-order chi connectivity index (χ0) is 19.4. The number of rotatable bonds is 6. The van der Waals surface area contributed by atoms with Gasteiger partial charge in [0.25, 0.3) is 5.91 Å². The van der Waals surface area contributed by atoms with Crippen LogP contribution in [0.1, 0.15) is 26.9 Å². The number of carbonyl (C=O) groups excluding carboxylic acids is 1. The minimum absolute atomic E-state index is 0.109. The quantitative estimate of drug-likeness (QED) is 0.669. The number of furan rings is 1. The molecule has 1 N–H and O–H groups in total. The second-order valence-corrected chi connectivity index (χ2v) is 8.65. The second kappa shape index (κ2) is 7.98. The maximum absolute atomic E-state index is 13.1. The van der Waals surface area contributed by atoms with Crippen LogP contribution in [-0.4, -0.2) is 20.9 Å². The van der Waals surface area contributed by atoms with E-state index in [4.69, 9.17) is 16.0 Å². The zero-order valence-electron chi connectivity index (χ0n) is 14.6. The van der Waals surface area contributed by atoms with Gasteiger partial charge in [-0.3, -0.25) is 4.79 Å². The summed E-state index contributed by atoms with van der Waals surface area (Å²) >= 11 is 5.85. The summed E-state index contributed by atoms with van der Waals surface area (Å²) in [6, 6.07) is 16.2. The molecule has 0 radical (unpaired) electrons. The highest BCUT2D eigenvalue weighted by Crippen LogP contribution is 2.29. The molecule has 0 aliphatic carbocycles. The number of carbonyl (C=O) groups is 1. The van der Waals surface area contributed by atoms with E-state index in [2.05, 4.69) is 5.32 Å². The van der Waals surface area contributed by atoms with Gasteiger partial charge in [-0.1, -0.05) is 29.3 Å². The lowest BCUT2D eigenvalue weighted by Gasteiger charge is -2.17. The summed E-state index contributed by atoms with van der Waals surface area (Å²) < 4.78 is 31.5. The molecular weight excluding hydrogens is 386 g/mol. The number of sulfone groups is 1. The van der Waals surface area contributed by atoms with Crippen LogP contribution in [-0.2, 0) is 9.84 Å². The summed E-state index contributed by atoms with van der Waals surface area (Å²) in [6.07, 6.45) is 1.40. The lowest BCUT2D eigenvalue weighted by atomic mass is 10.1. The summed E-state index contributed by atoms with van der Waals surface area (Å²) in [5.74, 6) is -0.0870. The van der Waals surface area contributed by atoms with Crippen molar-refractivity contribution in [3.05, 3.63) is 88.8 Å². The molecule has 5 nitrogen and oxygen atoms in total. The third-order valence-corrected chi connectivity index (χ3v) is 6.43. The first-order valence-electron chi connectivity index (χ1n) is 8.25. The highest BCUT2D eigenvalue weighted by molar-refractivity contribution is 7.91. The summed E-state index contributed by atoms with van der Waals surface area (Å²) in [6.45, 7) is 1.76. The van der Waals surface area contributed by atoms with E-state index < -0.39 is 15.1 Å². The van der Waals surface area contributed by atoms with Gasteiger partial charge in [-0.05, 0) is 55.5 Å². The SMILES string of the molecule is Cc1cccc(C(=O)NC[C@H](c2ccco2)S(=O)(=O)c2ccc(Cl)cc2)c1. The van der Waals surface area contributed by atoms with Crippen molar-refractivity contribution in [3.63, 3.8) is 0 Å². The Morgan fingerprint density at radius 2 is 1.85 bits per heavy atom. The Bertz CT molecular complexity index is 1030. The Hall–Kier alpha value is -2.57. The minimum Gasteiger partial charge on any atom is -0.468 e. The Morgan fingerprint density at radius 1 is 1.11 bits per heavy atom. The number of nitrogens with one attached hydrogen (secondary N) is 1. The molecule has 1 atom stereocenters. The second-order valence-electron chi connectivity index (χ2n) is 6.08. The predicted molar refractivity (Wildman–Crippen MR) is 104 cm³/mol. The van der Waals surface area contributed by atoms with E-state index in [0.717, 1.165) is 5.56 Å². The van der Waals surface area contributed by atoms with Gasteiger partial charge in [0.1, 0.15) is 11.0 Å². The van der Waals surface area contributed by atoms with Crippen LogP contribution in [0.25, 0.3) is 0 Å². The maximum Gasteiger partial charge on any atom is 0.251 e. The van der Waals surface area contributed by atoms with E-state index >= 15 is 0 Å². The molecule has 0 fully saturated rings. The first-order valence-corrected chi connectivity index (χ1v) is 10.2. The van der Waals surface area contributed by atoms with Gasteiger partial charge in [0.15, 0.2) is 9.84 Å². The van der Waals surface area contributed by atoms with Crippen LogP contribution in [0.5, 0.6) is 0 Å². The fraction of sp³-hybridized carbons (Fsp3) is 0.150. The lowest BCUT2D eigenvalue weighted by Crippen LogP contribution is -2.31. The topological polar surface area (TPSA) is 76.4 Å². The molecule has 1 aromatic heterocycles. The molecule has 0 spiro atoms. The van der Waals surface area contributed by atoms with Crippen LogP contribution >= 0.6 is 11.6 Å². The summed E-state index contributed by atoms with van der Waals surface area (Å²) in [4.78, 5) is 12.5. The van der Waals surface area contributed by atoms with E-state index in [1.807, 2.05) is 13.0 Å². The number of hydrogen-bond donors (Lipinski definition) is 1. The van der Waals surface area contributed by atoms with Crippen molar-refractivity contribution in [1.82, 2.24) is 5.32 Å². The van der Waals surface area contributed by atoms with E-state index in [1.165, 1.54) is 30.5 Å². The van der Waals surface area contributed by atoms with Crippen molar-refractivity contribution < 1.29 is 17.6 Å². The average Bonchev–Trinajstić information content (AvgIpc) is 3.16. The minimum atomic E-state index is -3.79. The molecule has 2 aromatic carbocycles. The van der Waals surface area contributed by atoms with Crippen molar-refractivity contribution in [2.75, 3.05) is 6.54 Å². The van der Waals surface area contributed by atoms with Gasteiger partial charge in [0, 0.05) is 17.1 Å². The smallest absolute Gasteiger partial charge is 0.251 e. The molecule has 0 unspecified atom stereocenters. The molecule has 140 valence electrons. The van der Waals surface area contributed by atoms with Crippen LogP contribution in [0.3, 0.4) is 0 Å². The average molecular weight is 404 g/mol. The summed E-state index contributed by atoms with van der Waals surface area (Å²) in [5.41, 5.74) is 1.41. The molecule has 7 heteroatoms. The fourth-order valence-corrected chi connectivity index (χ4v) is 4.41. The number of hydrogen-bond acceptors (Lipinski definition) is 4. The van der Waals surface area contributed by atoms with Crippen LogP contribution < -0.4 is 5.32 Å². The van der Waals surface area contributed by atoms with E-state index in [9.17, 15) is 13.2 Å². The first-order chi connectivity index (χ1) is 12.9. The van der Waals surface area contributed by atoms with Crippen molar-refractivity contribution >= 4 is 27.3 Å². The molecule has 1 amide bonds. The largest absolute Gasteiger partial charge is 0.468 e. The zero-order valence-corrected chi connectivity index (χ0v) is 16.1. The van der Waals surface area contributed by atoms with Gasteiger partial charge in [0.05, 0.1) is 11.2 Å². The standard InChI is InChI=1S/C20H18ClNO4S/c1-14-4-2-5-15(12-14)20(23)22-13-19(18-6-3-11-26-18)27(24,25)17-9-7-16(21)8-10-17/h2-12,19H,13H2,1H3,(H,22,23)/t19-/m1/s1. The van der Waals surface area contributed by atoms with E-state index in [-0.39, 0.29) is 23.1 Å². The molecular formula is C20H18ClNO4S. The van der Waals surface area contributed by atoms with Gasteiger partial charge in [0.2, 0.25) is 0 Å². The fourth-order valence-electron chi connectivity index (χ4n) is 2.70. The number of aryl methyl sites for hydroxylation is 1. The van der Waals surface area contributed by atoms with Crippen LogP contribution in [0, 0.1) is 6.92 Å². The third kappa shape index (κ3) is 4.40. The number of benzene rings is 2. The van der Waals surface area contributed by atoms with Crippen LogP contribution in [0.2, 0.25) is 5.02 Å². The highest BCUT2D eigenvalue weighted by Gasteiger charge is 2.32. The lowest BCUT2D eigenvalue weighted by molar-refractivity contribution is 0.0953. The molecule has 0 bridgehead atoms. The predicted octanol–water partition coefficient (Wildman–Crippen LogP) is 4.19. The number of amides is 1. The van der Waals surface area contributed by atoms with Gasteiger partial charge in [-0.2, -0.15) is 0 Å². The highest BCUT2D eigenvalue weighted by atomic mass is 35.5. The Kier molecular flexibility index (Phi) is 5.68. The molecule has 1 heterocycles. The first kappa shape index (κ1) is 19.2. The monoisotopic (exact) mass is 403 g/mol. The summed E-state index contributed by atoms with van der Waals surface area (Å²) in [5, 5.41) is 2.09. The van der Waals surface area contributed by atoms with Gasteiger partial charge < -0.3 is 9.73 Å². The molecule has 0 aliphatic heterocycles. The number of halogens is 1. The molecule has 0 aliphatic rings. The van der Waals surface area contributed by atoms with Gasteiger partial charge in [-0.15, -0.1) is 0 Å². The van der Waals surface area contributed by atoms with E-state index in [1.54, 1.807) is 30.3 Å². The van der Waals surface area contributed by atoms with Gasteiger partial charge in [-0.25, -0.2) is 8.42 Å². The van der Waals surface area contributed by atoms with Crippen molar-refractivity contribution in [1.29, 1.82) is 0 Å². The van der Waals surface area contributed by atoms with Gasteiger partial charge >= 0.3 is 0 Å². The van der Waals surface area contributed by atoms with Crippen LogP contribution in [0.4, 0.5) is 0 Å². The third-order valence-electron chi connectivity index (χ3n) is 4.11. The maximum atomic E-state index is 13.1. The van der Waals surface area contributed by atoms with Crippen molar-refractivity contribution in [3.8, 4) is 0 Å². The molecule has 3 rings (SSSR count).